The van der Waals surface area contributed by atoms with Crippen molar-refractivity contribution in [2.24, 2.45) is 22.2 Å². The van der Waals surface area contributed by atoms with Crippen molar-refractivity contribution < 1.29 is 9.53 Å². The minimum atomic E-state index is 0.210. The Morgan fingerprint density at radius 1 is 1.09 bits per heavy atom. The van der Waals surface area contributed by atoms with Crippen LogP contribution >= 0.6 is 0 Å². The smallest absolute Gasteiger partial charge is 0.159 e. The highest BCUT2D eigenvalue weighted by molar-refractivity contribution is 5.98. The number of hydrogen-bond donors (Lipinski definition) is 0. The van der Waals surface area contributed by atoms with Crippen molar-refractivity contribution in [3.63, 3.8) is 0 Å². The van der Waals surface area contributed by atoms with E-state index in [1.165, 1.54) is 31.3 Å². The summed E-state index contributed by atoms with van der Waals surface area (Å²) in [4.78, 5) is 12.9. The number of fused-ring (bicyclic) bond motifs is 2. The van der Waals surface area contributed by atoms with Crippen molar-refractivity contribution in [3.05, 3.63) is 11.1 Å². The largest absolute Gasteiger partial charge is 0.373 e. The molecule has 22 heavy (non-hydrogen) atoms. The molecule has 1 saturated heterocycles. The topological polar surface area (TPSA) is 29.6 Å². The molecule has 2 fully saturated rings. The molecular formula is C20H30O2. The van der Waals surface area contributed by atoms with Gasteiger partial charge < -0.3 is 4.74 Å². The molecule has 4 aliphatic rings. The number of ketones is 1. The second-order valence-corrected chi connectivity index (χ2v) is 9.55. The molecule has 0 N–H and O–H groups in total. The number of hydrogen-bond acceptors (Lipinski definition) is 2. The van der Waals surface area contributed by atoms with Gasteiger partial charge in [-0.1, -0.05) is 39.7 Å². The van der Waals surface area contributed by atoms with Crippen LogP contribution in [0.15, 0.2) is 11.1 Å². The summed E-state index contributed by atoms with van der Waals surface area (Å²) in [5.41, 5.74) is 3.54. The molecule has 0 unspecified atom stereocenters. The van der Waals surface area contributed by atoms with Crippen LogP contribution in [0.1, 0.15) is 72.6 Å². The van der Waals surface area contributed by atoms with E-state index in [0.717, 1.165) is 25.9 Å². The molecule has 2 nitrogen and oxygen atoms in total. The van der Waals surface area contributed by atoms with E-state index in [1.54, 1.807) is 5.57 Å². The summed E-state index contributed by atoms with van der Waals surface area (Å²) in [5.74, 6) is 1.00. The molecule has 0 aromatic heterocycles. The molecule has 1 saturated carbocycles. The number of carbonyl (C=O) groups excluding carboxylic acids is 1. The van der Waals surface area contributed by atoms with Gasteiger partial charge in [-0.15, -0.1) is 0 Å². The minimum Gasteiger partial charge on any atom is -0.373 e. The van der Waals surface area contributed by atoms with Gasteiger partial charge in [0, 0.05) is 11.8 Å². The van der Waals surface area contributed by atoms with Crippen molar-refractivity contribution in [1.29, 1.82) is 0 Å². The van der Waals surface area contributed by atoms with Crippen LogP contribution in [-0.4, -0.2) is 18.5 Å². The van der Waals surface area contributed by atoms with Gasteiger partial charge in [-0.3, -0.25) is 4.79 Å². The fourth-order valence-corrected chi connectivity index (χ4v) is 6.08. The molecule has 0 bridgehead atoms. The van der Waals surface area contributed by atoms with E-state index >= 15 is 0 Å². The van der Waals surface area contributed by atoms with Gasteiger partial charge in [0.05, 0.1) is 12.7 Å². The first kappa shape index (κ1) is 14.9. The summed E-state index contributed by atoms with van der Waals surface area (Å²) in [6.07, 6.45) is 8.35. The van der Waals surface area contributed by atoms with Crippen LogP contribution in [0.25, 0.3) is 0 Å². The van der Waals surface area contributed by atoms with Crippen LogP contribution in [-0.2, 0) is 9.53 Å². The van der Waals surface area contributed by atoms with Crippen LogP contribution in [0.5, 0.6) is 0 Å². The molecule has 3 aliphatic carbocycles. The predicted molar refractivity (Wildman–Crippen MR) is 87.6 cm³/mol. The molecule has 1 aliphatic heterocycles. The second kappa shape index (κ2) is 4.47. The summed E-state index contributed by atoms with van der Waals surface area (Å²) in [7, 11) is 0. The van der Waals surface area contributed by atoms with E-state index in [4.69, 9.17) is 4.74 Å². The highest BCUT2D eigenvalue weighted by atomic mass is 16.6. The number of Topliss-reactive ketones (excluding diaryl/α,β-unsaturated/α-hetero) is 1. The SMILES string of the molecule is CC1(C)CCC[C@]2(C)C3=C(C[C@@](C)([C@H]4CO4)CC3)C(=O)C[C@@H]12. The second-order valence-electron chi connectivity index (χ2n) is 9.55. The fourth-order valence-electron chi connectivity index (χ4n) is 6.08. The molecule has 4 rings (SSSR count). The zero-order valence-electron chi connectivity index (χ0n) is 14.6. The summed E-state index contributed by atoms with van der Waals surface area (Å²) < 4.78 is 5.60. The van der Waals surface area contributed by atoms with Gasteiger partial charge in [0.15, 0.2) is 5.78 Å². The molecule has 2 heteroatoms. The maximum Gasteiger partial charge on any atom is 0.159 e. The van der Waals surface area contributed by atoms with Crippen molar-refractivity contribution in [3.8, 4) is 0 Å². The van der Waals surface area contributed by atoms with E-state index in [9.17, 15) is 4.79 Å². The Kier molecular flexibility index (Phi) is 3.03. The van der Waals surface area contributed by atoms with Gasteiger partial charge >= 0.3 is 0 Å². The Labute approximate surface area is 134 Å². The Morgan fingerprint density at radius 2 is 1.82 bits per heavy atom. The molecule has 4 atom stereocenters. The standard InChI is InChI=1S/C20H30O2/c1-18(2)7-5-8-20(4)14-6-9-19(3,17-12-22-17)11-13(14)15(21)10-16(18)20/h16-17H,5-12H2,1-4H3/t16-,17+,19-,20+/m0/s1. The van der Waals surface area contributed by atoms with Gasteiger partial charge in [-0.25, -0.2) is 0 Å². The zero-order chi connectivity index (χ0) is 15.8. The van der Waals surface area contributed by atoms with Crippen LogP contribution in [0.2, 0.25) is 0 Å². The fraction of sp³-hybridized carbons (Fsp3) is 0.850. The molecule has 0 radical (unpaired) electrons. The first-order chi connectivity index (χ1) is 10.3. The summed E-state index contributed by atoms with van der Waals surface area (Å²) >= 11 is 0. The summed E-state index contributed by atoms with van der Waals surface area (Å²) in [5, 5.41) is 0. The average molecular weight is 302 g/mol. The van der Waals surface area contributed by atoms with Gasteiger partial charge in [-0.2, -0.15) is 0 Å². The summed E-state index contributed by atoms with van der Waals surface area (Å²) in [6, 6.07) is 0. The Bertz CT molecular complexity index is 554. The van der Waals surface area contributed by atoms with Gasteiger partial charge in [0.1, 0.15) is 0 Å². The van der Waals surface area contributed by atoms with Crippen molar-refractivity contribution in [2.75, 3.05) is 6.61 Å². The van der Waals surface area contributed by atoms with Gasteiger partial charge in [0.2, 0.25) is 0 Å². The third-order valence-corrected chi connectivity index (χ3v) is 7.65. The highest BCUT2D eigenvalue weighted by Gasteiger charge is 2.56. The molecule has 0 spiro atoms. The molecule has 1 heterocycles. The third kappa shape index (κ3) is 1.99. The van der Waals surface area contributed by atoms with Crippen molar-refractivity contribution >= 4 is 5.78 Å². The lowest BCUT2D eigenvalue weighted by molar-refractivity contribution is -0.123. The maximum atomic E-state index is 12.9. The molecular weight excluding hydrogens is 272 g/mol. The number of ether oxygens (including phenoxy) is 1. The summed E-state index contributed by atoms with van der Waals surface area (Å²) in [6.45, 7) is 10.5. The zero-order valence-corrected chi connectivity index (χ0v) is 14.6. The highest BCUT2D eigenvalue weighted by Crippen LogP contribution is 2.62. The lowest BCUT2D eigenvalue weighted by atomic mass is 9.47. The van der Waals surface area contributed by atoms with Crippen molar-refractivity contribution in [2.45, 2.75) is 78.7 Å². The quantitative estimate of drug-likeness (QED) is 0.658. The van der Waals surface area contributed by atoms with E-state index in [2.05, 4.69) is 27.7 Å². The number of allylic oxidation sites excluding steroid dienone is 2. The Hall–Kier alpha value is -0.630. The first-order valence-corrected chi connectivity index (χ1v) is 9.14. The monoisotopic (exact) mass is 302 g/mol. The maximum absolute atomic E-state index is 12.9. The van der Waals surface area contributed by atoms with Crippen LogP contribution in [0.4, 0.5) is 0 Å². The lowest BCUT2D eigenvalue weighted by Gasteiger charge is -2.56. The number of epoxide rings is 1. The number of rotatable bonds is 1. The van der Waals surface area contributed by atoms with Crippen molar-refractivity contribution in [1.82, 2.24) is 0 Å². The van der Waals surface area contributed by atoms with E-state index in [-0.39, 0.29) is 10.8 Å². The predicted octanol–water partition coefficient (Wildman–Crippen LogP) is 4.68. The third-order valence-electron chi connectivity index (χ3n) is 7.65. The van der Waals surface area contributed by atoms with Crippen LogP contribution in [0.3, 0.4) is 0 Å². The minimum absolute atomic E-state index is 0.210. The average Bonchev–Trinajstić information content (AvgIpc) is 3.26. The van der Waals surface area contributed by atoms with E-state index in [0.29, 0.717) is 23.2 Å². The van der Waals surface area contributed by atoms with Crippen LogP contribution in [0, 0.1) is 22.2 Å². The number of carbonyl (C=O) groups is 1. The molecule has 0 amide bonds. The lowest BCUT2D eigenvalue weighted by Crippen LogP contribution is -2.49. The Balaban J connectivity index is 1.75. The molecule has 0 aromatic carbocycles. The first-order valence-electron chi connectivity index (χ1n) is 9.14. The van der Waals surface area contributed by atoms with E-state index in [1.807, 2.05) is 0 Å². The molecule has 0 aromatic rings. The molecule has 122 valence electrons. The van der Waals surface area contributed by atoms with Gasteiger partial charge in [0.25, 0.3) is 0 Å². The van der Waals surface area contributed by atoms with Crippen LogP contribution < -0.4 is 0 Å². The van der Waals surface area contributed by atoms with Gasteiger partial charge in [-0.05, 0) is 54.4 Å². The Morgan fingerprint density at radius 3 is 2.50 bits per heavy atom. The van der Waals surface area contributed by atoms with E-state index < -0.39 is 0 Å². The normalized spacial score (nSPS) is 47.0.